The number of hydrogen-bond donors (Lipinski definition) is 1. The van der Waals surface area contributed by atoms with Crippen molar-refractivity contribution in [3.05, 3.63) is 18.2 Å². The van der Waals surface area contributed by atoms with E-state index in [-0.39, 0.29) is 0 Å². The zero-order chi connectivity index (χ0) is 11.8. The van der Waals surface area contributed by atoms with E-state index in [1.54, 1.807) is 6.26 Å². The van der Waals surface area contributed by atoms with Crippen molar-refractivity contribution in [3.63, 3.8) is 0 Å². The second kappa shape index (κ2) is 7.57. The Morgan fingerprint density at radius 3 is 3.06 bits per heavy atom. The monoisotopic (exact) mass is 243 g/mol. The van der Waals surface area contributed by atoms with Crippen LogP contribution in [-0.2, 0) is 23.9 Å². The fourth-order valence-corrected chi connectivity index (χ4v) is 2.10. The number of aryl methyl sites for hydroxylation is 1. The van der Waals surface area contributed by atoms with Crippen molar-refractivity contribution in [1.29, 1.82) is 0 Å². The van der Waals surface area contributed by atoms with Gasteiger partial charge in [-0.3, -0.25) is 4.21 Å². The molecule has 0 bridgehead atoms. The molecule has 4 nitrogen and oxygen atoms in total. The Hall–Kier alpha value is -0.680. The van der Waals surface area contributed by atoms with E-state index >= 15 is 0 Å². The highest BCUT2D eigenvalue weighted by Crippen LogP contribution is 1.98. The normalized spacial score (nSPS) is 12.9. The first-order chi connectivity index (χ1) is 7.74. The fraction of sp³-hybridized carbons (Fsp3) is 0.727. The molecule has 0 saturated heterocycles. The van der Waals surface area contributed by atoms with Crippen LogP contribution in [0.25, 0.3) is 0 Å². The first-order valence-electron chi connectivity index (χ1n) is 5.74. The molecule has 1 aromatic rings. The largest absolute Gasteiger partial charge is 0.334 e. The number of nitrogens with zero attached hydrogens (tertiary/aromatic N) is 2. The molecule has 0 radical (unpaired) electrons. The van der Waals surface area contributed by atoms with Crippen molar-refractivity contribution < 1.29 is 4.21 Å². The summed E-state index contributed by atoms with van der Waals surface area (Å²) in [6.45, 7) is 4.88. The van der Waals surface area contributed by atoms with Crippen molar-refractivity contribution in [1.82, 2.24) is 14.9 Å². The molecule has 1 heterocycles. The Balaban J connectivity index is 2.21. The predicted octanol–water partition coefficient (Wildman–Crippen LogP) is 1.15. The second-order valence-corrected chi connectivity index (χ2v) is 5.40. The van der Waals surface area contributed by atoms with Crippen LogP contribution in [0.5, 0.6) is 0 Å². The van der Waals surface area contributed by atoms with Gasteiger partial charge < -0.3 is 9.88 Å². The van der Waals surface area contributed by atoms with Crippen LogP contribution in [0.15, 0.2) is 12.4 Å². The highest BCUT2D eigenvalue weighted by molar-refractivity contribution is 7.84. The fourth-order valence-electron chi connectivity index (χ4n) is 1.55. The van der Waals surface area contributed by atoms with Crippen molar-refractivity contribution >= 4 is 10.8 Å². The van der Waals surface area contributed by atoms with Gasteiger partial charge in [0, 0.05) is 41.7 Å². The van der Waals surface area contributed by atoms with Gasteiger partial charge in [0.05, 0.1) is 6.54 Å². The van der Waals surface area contributed by atoms with E-state index in [4.69, 9.17) is 0 Å². The van der Waals surface area contributed by atoms with E-state index in [1.165, 1.54) is 0 Å². The Kier molecular flexibility index (Phi) is 6.33. The quantitative estimate of drug-likeness (QED) is 0.697. The topological polar surface area (TPSA) is 46.9 Å². The summed E-state index contributed by atoms with van der Waals surface area (Å²) in [6.07, 6.45) is 7.68. The summed E-state index contributed by atoms with van der Waals surface area (Å²) >= 11 is 0. The molecule has 5 heteroatoms. The van der Waals surface area contributed by atoms with Crippen LogP contribution >= 0.6 is 0 Å². The summed E-state index contributed by atoms with van der Waals surface area (Å²) in [4.78, 5) is 4.31. The van der Waals surface area contributed by atoms with Crippen LogP contribution in [0, 0.1) is 0 Å². The SMILES string of the molecule is CCCn1ccnc1CNCCCS(C)=O. The van der Waals surface area contributed by atoms with Gasteiger partial charge in [0.15, 0.2) is 0 Å². The van der Waals surface area contributed by atoms with Gasteiger partial charge in [0.25, 0.3) is 0 Å². The van der Waals surface area contributed by atoms with E-state index in [0.29, 0.717) is 0 Å². The third-order valence-electron chi connectivity index (χ3n) is 2.33. The van der Waals surface area contributed by atoms with Crippen molar-refractivity contribution in [3.8, 4) is 0 Å². The third-order valence-corrected chi connectivity index (χ3v) is 3.20. The van der Waals surface area contributed by atoms with E-state index < -0.39 is 10.8 Å². The average molecular weight is 243 g/mol. The molecule has 0 saturated carbocycles. The molecule has 16 heavy (non-hydrogen) atoms. The predicted molar refractivity (Wildman–Crippen MR) is 67.8 cm³/mol. The Morgan fingerprint density at radius 1 is 1.56 bits per heavy atom. The Morgan fingerprint density at radius 2 is 2.38 bits per heavy atom. The molecule has 0 aromatic carbocycles. The lowest BCUT2D eigenvalue weighted by Gasteiger charge is -2.07. The molecular weight excluding hydrogens is 222 g/mol. The number of nitrogens with one attached hydrogen (secondary N) is 1. The van der Waals surface area contributed by atoms with Crippen LogP contribution < -0.4 is 5.32 Å². The van der Waals surface area contributed by atoms with Crippen LogP contribution in [0.4, 0.5) is 0 Å². The summed E-state index contributed by atoms with van der Waals surface area (Å²) in [7, 11) is -0.674. The highest BCUT2D eigenvalue weighted by Gasteiger charge is 2.00. The maximum atomic E-state index is 10.8. The minimum Gasteiger partial charge on any atom is -0.334 e. The lowest BCUT2D eigenvalue weighted by molar-refractivity contribution is 0.586. The van der Waals surface area contributed by atoms with Crippen LogP contribution in [-0.4, -0.2) is 32.3 Å². The average Bonchev–Trinajstić information content (AvgIpc) is 2.65. The van der Waals surface area contributed by atoms with Crippen molar-refractivity contribution in [2.45, 2.75) is 32.9 Å². The number of hydrogen-bond acceptors (Lipinski definition) is 3. The van der Waals surface area contributed by atoms with Gasteiger partial charge in [-0.2, -0.15) is 0 Å². The second-order valence-electron chi connectivity index (χ2n) is 3.84. The molecule has 1 rings (SSSR count). The molecule has 0 aliphatic rings. The molecule has 1 unspecified atom stereocenters. The lowest BCUT2D eigenvalue weighted by Crippen LogP contribution is -2.19. The molecule has 1 N–H and O–H groups in total. The molecule has 0 amide bonds. The van der Waals surface area contributed by atoms with Crippen LogP contribution in [0.3, 0.4) is 0 Å². The maximum Gasteiger partial charge on any atom is 0.122 e. The van der Waals surface area contributed by atoms with E-state index in [2.05, 4.69) is 21.8 Å². The standard InChI is InChI=1S/C11H21N3OS/c1-3-7-14-8-6-13-11(14)10-12-5-4-9-16(2)15/h6,8,12H,3-5,7,9-10H2,1-2H3. The number of rotatable bonds is 8. The molecule has 0 aliphatic carbocycles. The zero-order valence-corrected chi connectivity index (χ0v) is 10.9. The molecular formula is C11H21N3OS. The van der Waals surface area contributed by atoms with Crippen molar-refractivity contribution in [2.24, 2.45) is 0 Å². The lowest BCUT2D eigenvalue weighted by atomic mass is 10.4. The molecule has 1 atom stereocenters. The summed E-state index contributed by atoms with van der Waals surface area (Å²) in [5.41, 5.74) is 0. The van der Waals surface area contributed by atoms with Gasteiger partial charge in [0.2, 0.25) is 0 Å². The highest BCUT2D eigenvalue weighted by atomic mass is 32.2. The first kappa shape index (κ1) is 13.4. The Labute approximate surface area is 99.9 Å². The van der Waals surface area contributed by atoms with Crippen LogP contribution in [0.2, 0.25) is 0 Å². The molecule has 92 valence electrons. The van der Waals surface area contributed by atoms with Crippen molar-refractivity contribution in [2.75, 3.05) is 18.6 Å². The van der Waals surface area contributed by atoms with Gasteiger partial charge in [0.1, 0.15) is 5.82 Å². The van der Waals surface area contributed by atoms with Gasteiger partial charge in [-0.15, -0.1) is 0 Å². The minimum absolute atomic E-state index is 0.674. The van der Waals surface area contributed by atoms with E-state index in [0.717, 1.165) is 44.1 Å². The first-order valence-corrected chi connectivity index (χ1v) is 7.47. The van der Waals surface area contributed by atoms with E-state index in [1.807, 2.05) is 12.4 Å². The van der Waals surface area contributed by atoms with Crippen LogP contribution in [0.1, 0.15) is 25.6 Å². The summed E-state index contributed by atoms with van der Waals surface area (Å²) in [5, 5.41) is 3.32. The maximum absolute atomic E-state index is 10.8. The molecule has 1 aromatic heterocycles. The minimum atomic E-state index is -0.674. The van der Waals surface area contributed by atoms with Gasteiger partial charge >= 0.3 is 0 Å². The summed E-state index contributed by atoms with van der Waals surface area (Å²) in [5.74, 6) is 1.86. The van der Waals surface area contributed by atoms with Gasteiger partial charge in [-0.25, -0.2) is 4.98 Å². The third kappa shape index (κ3) is 4.90. The Bertz CT molecular complexity index is 325. The summed E-state index contributed by atoms with van der Waals surface area (Å²) in [6, 6.07) is 0. The van der Waals surface area contributed by atoms with Gasteiger partial charge in [-0.1, -0.05) is 6.92 Å². The number of imidazole rings is 1. The zero-order valence-electron chi connectivity index (χ0n) is 10.1. The van der Waals surface area contributed by atoms with Gasteiger partial charge in [-0.05, 0) is 19.4 Å². The smallest absolute Gasteiger partial charge is 0.122 e. The molecule has 0 aliphatic heterocycles. The number of aromatic nitrogens is 2. The molecule has 0 fully saturated rings. The summed E-state index contributed by atoms with van der Waals surface area (Å²) < 4.78 is 13.0. The molecule has 0 spiro atoms. The van der Waals surface area contributed by atoms with E-state index in [9.17, 15) is 4.21 Å².